The zero-order valence-electron chi connectivity index (χ0n) is 11.6. The van der Waals surface area contributed by atoms with Gasteiger partial charge in [-0.05, 0) is 26.0 Å². The molecule has 1 aromatic rings. The van der Waals surface area contributed by atoms with Gasteiger partial charge in [-0.15, -0.1) is 0 Å². The van der Waals surface area contributed by atoms with Crippen LogP contribution in [0, 0.1) is 11.3 Å². The lowest BCUT2D eigenvalue weighted by Crippen LogP contribution is -2.29. The summed E-state index contributed by atoms with van der Waals surface area (Å²) in [6, 6.07) is 8.20. The lowest BCUT2D eigenvalue weighted by molar-refractivity contribution is -0.166. The number of nitriles is 1. The average Bonchev–Trinajstić information content (AvgIpc) is 2.47. The van der Waals surface area contributed by atoms with Crippen LogP contribution < -0.4 is 0 Å². The van der Waals surface area contributed by atoms with Gasteiger partial charge in [0.1, 0.15) is 0 Å². The fraction of sp³-hybridized carbons (Fsp3) is 0.400. The van der Waals surface area contributed by atoms with Gasteiger partial charge in [0.05, 0.1) is 18.1 Å². The van der Waals surface area contributed by atoms with Gasteiger partial charge in [0.25, 0.3) is 0 Å². The van der Waals surface area contributed by atoms with Crippen LogP contribution in [0.2, 0.25) is 0 Å². The molecular formula is C15H17NO4. The van der Waals surface area contributed by atoms with Gasteiger partial charge in [-0.25, -0.2) is 0 Å². The van der Waals surface area contributed by atoms with Crippen molar-refractivity contribution >= 4 is 11.6 Å². The summed E-state index contributed by atoms with van der Waals surface area (Å²) in [4.78, 5) is 23.9. The van der Waals surface area contributed by atoms with E-state index >= 15 is 0 Å². The van der Waals surface area contributed by atoms with Gasteiger partial charge in [-0.3, -0.25) is 9.59 Å². The van der Waals surface area contributed by atoms with Crippen LogP contribution in [0.25, 0.3) is 0 Å². The second kappa shape index (κ2) is 8.20. The van der Waals surface area contributed by atoms with Gasteiger partial charge < -0.3 is 9.47 Å². The van der Waals surface area contributed by atoms with Crippen LogP contribution in [-0.2, 0) is 14.3 Å². The van der Waals surface area contributed by atoms with Crippen molar-refractivity contribution in [2.75, 3.05) is 13.2 Å². The molecule has 0 spiro atoms. The van der Waals surface area contributed by atoms with Crippen LogP contribution >= 0.6 is 0 Å². The molecule has 0 bridgehead atoms. The lowest BCUT2D eigenvalue weighted by Gasteiger charge is -2.15. The Morgan fingerprint density at radius 2 is 1.90 bits per heavy atom. The van der Waals surface area contributed by atoms with Crippen molar-refractivity contribution in [3.63, 3.8) is 0 Å². The highest BCUT2D eigenvalue weighted by molar-refractivity contribution is 6.08. The van der Waals surface area contributed by atoms with E-state index in [9.17, 15) is 9.59 Å². The second-order valence-corrected chi connectivity index (χ2v) is 4.00. The molecule has 1 aromatic carbocycles. The highest BCUT2D eigenvalue weighted by Crippen LogP contribution is 2.10. The fourth-order valence-corrected chi connectivity index (χ4v) is 1.64. The summed E-state index contributed by atoms with van der Waals surface area (Å²) in [6.07, 6.45) is -1.31. The largest absolute Gasteiger partial charge is 0.346 e. The summed E-state index contributed by atoms with van der Waals surface area (Å²) < 4.78 is 10.3. The van der Waals surface area contributed by atoms with E-state index in [4.69, 9.17) is 14.7 Å². The molecule has 0 aliphatic rings. The number of benzene rings is 1. The third-order valence-electron chi connectivity index (χ3n) is 2.55. The molecule has 0 saturated heterocycles. The Bertz CT molecular complexity index is 513. The Balaban J connectivity index is 2.73. The zero-order chi connectivity index (χ0) is 15.0. The molecule has 0 saturated carbocycles. The summed E-state index contributed by atoms with van der Waals surface area (Å²) in [5.74, 6) is -0.766. The quantitative estimate of drug-likeness (QED) is 0.412. The molecular weight excluding hydrogens is 258 g/mol. The Morgan fingerprint density at radius 3 is 2.45 bits per heavy atom. The lowest BCUT2D eigenvalue weighted by atomic mass is 10.0. The molecule has 0 fully saturated rings. The van der Waals surface area contributed by atoms with Crippen molar-refractivity contribution < 1.29 is 19.1 Å². The number of hydrogen-bond donors (Lipinski definition) is 0. The minimum absolute atomic E-state index is 0.306. The summed E-state index contributed by atoms with van der Waals surface area (Å²) in [7, 11) is 0. The molecule has 0 N–H and O–H groups in total. The molecule has 106 valence electrons. The van der Waals surface area contributed by atoms with E-state index in [1.165, 1.54) is 6.07 Å². The molecule has 0 aromatic heterocycles. The van der Waals surface area contributed by atoms with Gasteiger partial charge in [0.2, 0.25) is 6.29 Å². The minimum Gasteiger partial charge on any atom is -0.346 e. The van der Waals surface area contributed by atoms with Gasteiger partial charge >= 0.3 is 0 Å². The van der Waals surface area contributed by atoms with E-state index < -0.39 is 12.1 Å². The monoisotopic (exact) mass is 275 g/mol. The van der Waals surface area contributed by atoms with E-state index in [1.54, 1.807) is 32.0 Å². The van der Waals surface area contributed by atoms with Gasteiger partial charge in [-0.1, -0.05) is 12.1 Å². The summed E-state index contributed by atoms with van der Waals surface area (Å²) >= 11 is 0. The smallest absolute Gasteiger partial charge is 0.218 e. The van der Waals surface area contributed by atoms with Crippen LogP contribution in [0.5, 0.6) is 0 Å². The first kappa shape index (κ1) is 16.0. The Hall–Kier alpha value is -2.03. The van der Waals surface area contributed by atoms with Crippen molar-refractivity contribution in [2.24, 2.45) is 0 Å². The molecule has 0 heterocycles. The van der Waals surface area contributed by atoms with Gasteiger partial charge in [-0.2, -0.15) is 5.26 Å². The molecule has 1 rings (SSSR count). The number of carbonyl (C=O) groups excluding carboxylic acids is 2. The van der Waals surface area contributed by atoms with Crippen LogP contribution in [-0.4, -0.2) is 31.1 Å². The number of Topliss-reactive ketones (excluding diaryl/α,β-unsaturated/α-hetero) is 2. The maximum absolute atomic E-state index is 12.0. The SMILES string of the molecule is CCOC(OCC)C(=O)CC(=O)c1cccc(C#N)c1. The maximum atomic E-state index is 12.0. The first-order valence-electron chi connectivity index (χ1n) is 6.41. The highest BCUT2D eigenvalue weighted by Gasteiger charge is 2.22. The maximum Gasteiger partial charge on any atom is 0.218 e. The van der Waals surface area contributed by atoms with E-state index in [0.717, 1.165) is 0 Å². The Kier molecular flexibility index (Phi) is 6.57. The summed E-state index contributed by atoms with van der Waals surface area (Å²) in [6.45, 7) is 4.15. The minimum atomic E-state index is -1.01. The number of hydrogen-bond acceptors (Lipinski definition) is 5. The number of carbonyl (C=O) groups is 2. The molecule has 0 atom stereocenters. The normalized spacial score (nSPS) is 10.3. The van der Waals surface area contributed by atoms with Crippen molar-refractivity contribution in [3.05, 3.63) is 35.4 Å². The number of ketones is 2. The molecule has 20 heavy (non-hydrogen) atoms. The number of ether oxygens (including phenoxy) is 2. The zero-order valence-corrected chi connectivity index (χ0v) is 11.6. The van der Waals surface area contributed by atoms with Gasteiger partial charge in [0.15, 0.2) is 11.6 Å². The first-order valence-corrected chi connectivity index (χ1v) is 6.41. The van der Waals surface area contributed by atoms with E-state index in [1.807, 2.05) is 6.07 Å². The second-order valence-electron chi connectivity index (χ2n) is 4.00. The molecule has 0 unspecified atom stereocenters. The van der Waals surface area contributed by atoms with E-state index in [0.29, 0.717) is 24.3 Å². The molecule has 0 aliphatic heterocycles. The highest BCUT2D eigenvalue weighted by atomic mass is 16.7. The molecule has 0 aliphatic carbocycles. The summed E-state index contributed by atoms with van der Waals surface area (Å²) in [5.41, 5.74) is 0.721. The standard InChI is InChI=1S/C15H17NO4/c1-3-19-15(20-4-2)14(18)9-13(17)12-7-5-6-11(8-12)10-16/h5-8,15H,3-4,9H2,1-2H3. The van der Waals surface area contributed by atoms with Crippen LogP contribution in [0.1, 0.15) is 36.2 Å². The van der Waals surface area contributed by atoms with Crippen molar-refractivity contribution in [2.45, 2.75) is 26.6 Å². The predicted molar refractivity (Wildman–Crippen MR) is 72.2 cm³/mol. The van der Waals surface area contributed by atoms with Crippen molar-refractivity contribution in [1.82, 2.24) is 0 Å². The Labute approximate surface area is 118 Å². The summed E-state index contributed by atoms with van der Waals surface area (Å²) in [5, 5.41) is 8.79. The molecule has 0 radical (unpaired) electrons. The van der Waals surface area contributed by atoms with E-state index in [-0.39, 0.29) is 12.2 Å². The Morgan fingerprint density at radius 1 is 1.25 bits per heavy atom. The predicted octanol–water partition coefficient (Wildman–Crippen LogP) is 2.10. The third kappa shape index (κ3) is 4.57. The van der Waals surface area contributed by atoms with Crippen LogP contribution in [0.4, 0.5) is 0 Å². The molecule has 0 amide bonds. The van der Waals surface area contributed by atoms with Crippen LogP contribution in [0.15, 0.2) is 24.3 Å². The average molecular weight is 275 g/mol. The topological polar surface area (TPSA) is 76.4 Å². The third-order valence-corrected chi connectivity index (χ3v) is 2.55. The van der Waals surface area contributed by atoms with Crippen molar-refractivity contribution in [1.29, 1.82) is 5.26 Å². The number of rotatable bonds is 8. The molecule has 5 heteroatoms. The molecule has 5 nitrogen and oxygen atoms in total. The number of nitrogens with zero attached hydrogens (tertiary/aromatic N) is 1. The van der Waals surface area contributed by atoms with E-state index in [2.05, 4.69) is 0 Å². The van der Waals surface area contributed by atoms with Crippen molar-refractivity contribution in [3.8, 4) is 6.07 Å². The fourth-order valence-electron chi connectivity index (χ4n) is 1.64. The van der Waals surface area contributed by atoms with Gasteiger partial charge in [0, 0.05) is 18.8 Å². The van der Waals surface area contributed by atoms with Crippen LogP contribution in [0.3, 0.4) is 0 Å². The first-order chi connectivity index (χ1) is 9.62.